The summed E-state index contributed by atoms with van der Waals surface area (Å²) in [6.07, 6.45) is 2.54. The van der Waals surface area contributed by atoms with Gasteiger partial charge in [0.25, 0.3) is 0 Å². The molecule has 0 amide bonds. The second kappa shape index (κ2) is 3.96. The van der Waals surface area contributed by atoms with Crippen molar-refractivity contribution in [2.24, 2.45) is 11.0 Å². The van der Waals surface area contributed by atoms with Crippen LogP contribution in [0.25, 0.3) is 10.4 Å². The Kier molecular flexibility index (Phi) is 2.68. The minimum Gasteiger partial charge on any atom is -0.378 e. The molecule has 0 radical (unpaired) electrons. The number of hydrogen-bond acceptors (Lipinski definition) is 3. The molecule has 5 heteroatoms. The lowest BCUT2D eigenvalue weighted by Gasteiger charge is -2.13. The SMILES string of the molecule is [N-]=[N+]=N[C@@H]1COC[C@H]1OCC1CC1. The van der Waals surface area contributed by atoms with E-state index in [0.717, 1.165) is 12.5 Å². The summed E-state index contributed by atoms with van der Waals surface area (Å²) in [5.74, 6) is 0.743. The van der Waals surface area contributed by atoms with E-state index in [0.29, 0.717) is 13.2 Å². The zero-order valence-corrected chi connectivity index (χ0v) is 7.43. The van der Waals surface area contributed by atoms with E-state index in [1.54, 1.807) is 0 Å². The van der Waals surface area contributed by atoms with Crippen LogP contribution >= 0.6 is 0 Å². The Labute approximate surface area is 76.6 Å². The molecule has 1 saturated carbocycles. The fourth-order valence-electron chi connectivity index (χ4n) is 1.40. The van der Waals surface area contributed by atoms with E-state index < -0.39 is 0 Å². The van der Waals surface area contributed by atoms with Gasteiger partial charge >= 0.3 is 0 Å². The Hall–Kier alpha value is -0.770. The maximum absolute atomic E-state index is 8.28. The average Bonchev–Trinajstić information content (AvgIpc) is 2.86. The highest BCUT2D eigenvalue weighted by Gasteiger charge is 2.30. The molecule has 0 unspecified atom stereocenters. The van der Waals surface area contributed by atoms with E-state index in [-0.39, 0.29) is 12.1 Å². The van der Waals surface area contributed by atoms with Crippen LogP contribution in [0.2, 0.25) is 0 Å². The molecular weight excluding hydrogens is 170 g/mol. The van der Waals surface area contributed by atoms with Crippen LogP contribution in [0.3, 0.4) is 0 Å². The predicted molar refractivity (Wildman–Crippen MR) is 46.2 cm³/mol. The van der Waals surface area contributed by atoms with Crippen molar-refractivity contribution < 1.29 is 9.47 Å². The van der Waals surface area contributed by atoms with E-state index in [1.165, 1.54) is 12.8 Å². The van der Waals surface area contributed by atoms with E-state index >= 15 is 0 Å². The van der Waals surface area contributed by atoms with Crippen molar-refractivity contribution in [1.29, 1.82) is 0 Å². The van der Waals surface area contributed by atoms with Gasteiger partial charge in [-0.2, -0.15) is 0 Å². The lowest BCUT2D eigenvalue weighted by molar-refractivity contribution is 0.0316. The molecule has 2 fully saturated rings. The quantitative estimate of drug-likeness (QED) is 0.376. The van der Waals surface area contributed by atoms with Crippen LogP contribution in [-0.2, 0) is 9.47 Å². The fraction of sp³-hybridized carbons (Fsp3) is 1.00. The molecule has 1 aliphatic carbocycles. The normalized spacial score (nSPS) is 32.9. The highest BCUT2D eigenvalue weighted by atomic mass is 16.5. The molecule has 2 aliphatic rings. The summed E-state index contributed by atoms with van der Waals surface area (Å²) in [6, 6.07) is -0.122. The van der Waals surface area contributed by atoms with Crippen LogP contribution < -0.4 is 0 Å². The smallest absolute Gasteiger partial charge is 0.0915 e. The highest BCUT2D eigenvalue weighted by molar-refractivity contribution is 4.83. The fourth-order valence-corrected chi connectivity index (χ4v) is 1.40. The molecule has 0 bridgehead atoms. The molecule has 0 aromatic heterocycles. The summed E-state index contributed by atoms with van der Waals surface area (Å²) >= 11 is 0. The summed E-state index contributed by atoms with van der Waals surface area (Å²) in [5.41, 5.74) is 8.28. The third kappa shape index (κ3) is 2.34. The first kappa shape index (κ1) is 8.81. The molecule has 5 nitrogen and oxygen atoms in total. The second-order valence-electron chi connectivity index (χ2n) is 3.62. The van der Waals surface area contributed by atoms with Crippen molar-refractivity contribution in [2.75, 3.05) is 19.8 Å². The molecule has 0 aromatic rings. The van der Waals surface area contributed by atoms with Gasteiger partial charge in [0, 0.05) is 11.5 Å². The highest BCUT2D eigenvalue weighted by Crippen LogP contribution is 2.30. The van der Waals surface area contributed by atoms with Crippen LogP contribution in [0.5, 0.6) is 0 Å². The van der Waals surface area contributed by atoms with Gasteiger partial charge in [0.05, 0.1) is 25.4 Å². The molecule has 2 atom stereocenters. The van der Waals surface area contributed by atoms with Gasteiger partial charge in [-0.25, -0.2) is 0 Å². The van der Waals surface area contributed by atoms with Crippen LogP contribution in [0.15, 0.2) is 5.11 Å². The summed E-state index contributed by atoms with van der Waals surface area (Å²) in [4.78, 5) is 2.78. The van der Waals surface area contributed by atoms with Gasteiger partial charge in [-0.05, 0) is 24.3 Å². The van der Waals surface area contributed by atoms with E-state index in [9.17, 15) is 0 Å². The predicted octanol–water partition coefficient (Wildman–Crippen LogP) is 1.49. The maximum Gasteiger partial charge on any atom is 0.0915 e. The number of ether oxygens (including phenoxy) is 2. The number of nitrogens with zero attached hydrogens (tertiary/aromatic N) is 3. The van der Waals surface area contributed by atoms with Gasteiger partial charge in [-0.3, -0.25) is 0 Å². The van der Waals surface area contributed by atoms with Crippen molar-refractivity contribution in [1.82, 2.24) is 0 Å². The molecule has 1 aliphatic heterocycles. The van der Waals surface area contributed by atoms with Crippen LogP contribution in [0.1, 0.15) is 12.8 Å². The van der Waals surface area contributed by atoms with Crippen LogP contribution in [0, 0.1) is 5.92 Å². The first-order valence-electron chi connectivity index (χ1n) is 4.63. The molecule has 2 rings (SSSR count). The Morgan fingerprint density at radius 2 is 2.31 bits per heavy atom. The minimum atomic E-state index is -0.122. The first-order chi connectivity index (χ1) is 6.40. The Bertz CT molecular complexity index is 223. The summed E-state index contributed by atoms with van der Waals surface area (Å²) in [7, 11) is 0. The number of rotatable bonds is 4. The van der Waals surface area contributed by atoms with Gasteiger partial charge < -0.3 is 9.47 Å². The lowest BCUT2D eigenvalue weighted by Crippen LogP contribution is -2.26. The zero-order valence-electron chi connectivity index (χ0n) is 7.43. The molecule has 0 spiro atoms. The standard InChI is InChI=1S/C8H13N3O2/c9-11-10-7-4-12-5-8(7)13-3-6-1-2-6/h6-8H,1-5H2/t7-,8-/m1/s1. The second-order valence-corrected chi connectivity index (χ2v) is 3.62. The molecule has 0 aromatic carbocycles. The maximum atomic E-state index is 8.28. The van der Waals surface area contributed by atoms with E-state index in [1.807, 2.05) is 0 Å². The molecule has 72 valence electrons. The first-order valence-corrected chi connectivity index (χ1v) is 4.63. The Morgan fingerprint density at radius 3 is 3.00 bits per heavy atom. The molecule has 1 saturated heterocycles. The van der Waals surface area contributed by atoms with Crippen molar-refractivity contribution >= 4 is 0 Å². The van der Waals surface area contributed by atoms with Crippen molar-refractivity contribution in [3.05, 3.63) is 10.4 Å². The minimum absolute atomic E-state index is 0.0171. The third-order valence-electron chi connectivity index (χ3n) is 2.44. The molecular formula is C8H13N3O2. The summed E-state index contributed by atoms with van der Waals surface area (Å²) in [5, 5.41) is 3.63. The zero-order chi connectivity index (χ0) is 9.10. The average molecular weight is 183 g/mol. The number of hydrogen-bond donors (Lipinski definition) is 0. The number of azide groups is 1. The summed E-state index contributed by atoms with van der Waals surface area (Å²) in [6.45, 7) is 1.86. The van der Waals surface area contributed by atoms with Gasteiger partial charge in [0.2, 0.25) is 0 Å². The van der Waals surface area contributed by atoms with Crippen LogP contribution in [-0.4, -0.2) is 32.0 Å². The molecule has 0 N–H and O–H groups in total. The van der Waals surface area contributed by atoms with Crippen molar-refractivity contribution in [3.63, 3.8) is 0 Å². The topological polar surface area (TPSA) is 67.2 Å². The lowest BCUT2D eigenvalue weighted by atomic mass is 10.2. The Morgan fingerprint density at radius 1 is 1.46 bits per heavy atom. The third-order valence-corrected chi connectivity index (χ3v) is 2.44. The molecule has 13 heavy (non-hydrogen) atoms. The Balaban J connectivity index is 1.78. The van der Waals surface area contributed by atoms with Gasteiger partial charge in [-0.15, -0.1) is 0 Å². The van der Waals surface area contributed by atoms with E-state index in [2.05, 4.69) is 10.0 Å². The monoisotopic (exact) mass is 183 g/mol. The van der Waals surface area contributed by atoms with Gasteiger partial charge in [0.15, 0.2) is 0 Å². The van der Waals surface area contributed by atoms with Crippen molar-refractivity contribution in [2.45, 2.75) is 25.0 Å². The molecule has 1 heterocycles. The largest absolute Gasteiger partial charge is 0.378 e. The van der Waals surface area contributed by atoms with Crippen molar-refractivity contribution in [3.8, 4) is 0 Å². The van der Waals surface area contributed by atoms with E-state index in [4.69, 9.17) is 15.0 Å². The summed E-state index contributed by atoms with van der Waals surface area (Å²) < 4.78 is 10.8. The van der Waals surface area contributed by atoms with Crippen LogP contribution in [0.4, 0.5) is 0 Å². The van der Waals surface area contributed by atoms with Gasteiger partial charge in [-0.1, -0.05) is 5.11 Å². The van der Waals surface area contributed by atoms with Gasteiger partial charge in [0.1, 0.15) is 0 Å².